The van der Waals surface area contributed by atoms with Crippen LogP contribution < -0.4 is 9.62 Å². The van der Waals surface area contributed by atoms with Crippen molar-refractivity contribution in [1.82, 2.24) is 14.5 Å². The van der Waals surface area contributed by atoms with E-state index in [1.165, 1.54) is 0 Å². The Labute approximate surface area is 155 Å². The number of aliphatic imine (C=N–C) groups is 1. The van der Waals surface area contributed by atoms with E-state index in [0.29, 0.717) is 11.8 Å². The Balaban J connectivity index is 1.81. The number of alkyl halides is 3. The van der Waals surface area contributed by atoms with Crippen molar-refractivity contribution in [1.29, 1.82) is 0 Å². The van der Waals surface area contributed by atoms with E-state index in [0.717, 1.165) is 22.4 Å². The minimum atomic E-state index is -4.66. The zero-order valence-corrected chi connectivity index (χ0v) is 15.3. The molecule has 1 N–H and O–H groups in total. The maximum Gasteiger partial charge on any atom is 0.488 e. The summed E-state index contributed by atoms with van der Waals surface area (Å²) in [6.45, 7) is 0.910. The van der Waals surface area contributed by atoms with Gasteiger partial charge in [-0.2, -0.15) is 4.99 Å². The van der Waals surface area contributed by atoms with Gasteiger partial charge < -0.3 is 0 Å². The predicted octanol–water partition coefficient (Wildman–Crippen LogP) is 2.13. The molecular weight excluding hydrogens is 417 g/mol. The number of nitrogens with one attached hydrogen (secondary N) is 1. The van der Waals surface area contributed by atoms with E-state index in [4.69, 9.17) is 11.6 Å². The van der Waals surface area contributed by atoms with Crippen LogP contribution in [0, 0.1) is 6.92 Å². The van der Waals surface area contributed by atoms with Gasteiger partial charge in [0.2, 0.25) is 6.67 Å². The van der Waals surface area contributed by atoms with Gasteiger partial charge in [-0.25, -0.2) is 18.0 Å². The smallest absolute Gasteiger partial charge is 0.266 e. The summed E-state index contributed by atoms with van der Waals surface area (Å²) in [5.41, 5.74) is 0.0968. The predicted molar refractivity (Wildman–Crippen MR) is 88.7 cm³/mol. The monoisotopic (exact) mass is 426 g/mol. The highest BCUT2D eigenvalue weighted by atomic mass is 35.5. The number of fused-ring (bicyclic) bond motifs is 1. The number of hydrogen-bond acceptors (Lipinski definition) is 7. The number of aryl methyl sites for hydroxylation is 1. The Morgan fingerprint density at radius 1 is 1.46 bits per heavy atom. The van der Waals surface area contributed by atoms with E-state index < -0.39 is 28.9 Å². The summed E-state index contributed by atoms with van der Waals surface area (Å²) in [5, 5.41) is 1.23. The number of carbonyl (C=O) groups is 1. The van der Waals surface area contributed by atoms with Gasteiger partial charge in [-0.15, -0.1) is 24.5 Å². The Hall–Kier alpha value is -1.89. The zero-order chi connectivity index (χ0) is 19.3. The molecule has 2 aliphatic heterocycles. The molecule has 2 aliphatic rings. The highest BCUT2D eigenvalue weighted by molar-refractivity contribution is 7.92. The second kappa shape index (κ2) is 6.37. The van der Waals surface area contributed by atoms with Gasteiger partial charge in [0.15, 0.2) is 11.9 Å². The molecule has 26 heavy (non-hydrogen) atoms. The van der Waals surface area contributed by atoms with Crippen molar-refractivity contribution in [2.45, 2.75) is 17.4 Å². The topological polar surface area (TPSA) is 84.7 Å². The normalized spacial score (nSPS) is 18.2. The second-order valence-corrected chi connectivity index (χ2v) is 8.50. The molecule has 3 heterocycles. The van der Waals surface area contributed by atoms with Gasteiger partial charge in [-0.1, -0.05) is 16.5 Å². The van der Waals surface area contributed by atoms with Gasteiger partial charge in [0.1, 0.15) is 9.24 Å². The van der Waals surface area contributed by atoms with E-state index in [1.807, 2.05) is 4.72 Å². The molecule has 7 nitrogen and oxygen atoms in total. The third-order valence-electron chi connectivity index (χ3n) is 3.41. The molecule has 0 aromatic carbocycles. The first-order valence-electron chi connectivity index (χ1n) is 6.88. The number of carbonyl (C=O) groups excluding carboxylic acids is 1. The number of sulfonamides is 1. The summed E-state index contributed by atoms with van der Waals surface area (Å²) in [6, 6.07) is 1.58. The van der Waals surface area contributed by atoms with Crippen LogP contribution in [0.15, 0.2) is 43.8 Å². The van der Waals surface area contributed by atoms with Crippen LogP contribution in [0.5, 0.6) is 0 Å². The second-order valence-electron chi connectivity index (χ2n) is 5.30. The number of amidine groups is 1. The van der Waals surface area contributed by atoms with Crippen LogP contribution in [0.3, 0.4) is 0 Å². The summed E-state index contributed by atoms with van der Waals surface area (Å²) in [4.78, 5) is 17.1. The largest absolute Gasteiger partial charge is 0.488 e. The summed E-state index contributed by atoms with van der Waals surface area (Å²) < 4.78 is 64.8. The molecule has 0 atom stereocenters. The molecule has 1 amide bonds. The fourth-order valence-electron chi connectivity index (χ4n) is 2.23. The van der Waals surface area contributed by atoms with Crippen LogP contribution in [0.25, 0.3) is 0 Å². The molecule has 139 valence electrons. The van der Waals surface area contributed by atoms with E-state index >= 15 is 0 Å². The Morgan fingerprint density at radius 2 is 2.15 bits per heavy atom. The third kappa shape index (κ3) is 3.49. The van der Waals surface area contributed by atoms with Crippen molar-refractivity contribution in [2.75, 3.05) is 6.67 Å². The molecule has 1 aromatic rings. The molecule has 1 aromatic heterocycles. The molecule has 0 aliphatic carbocycles. The molecule has 0 unspecified atom stereocenters. The number of rotatable bonds is 3. The van der Waals surface area contributed by atoms with Crippen molar-refractivity contribution >= 4 is 44.7 Å². The van der Waals surface area contributed by atoms with Gasteiger partial charge in [0, 0.05) is 6.20 Å². The highest BCUT2D eigenvalue weighted by Crippen LogP contribution is 2.30. The number of thiophene rings is 1. The van der Waals surface area contributed by atoms with Crippen molar-refractivity contribution in [2.24, 2.45) is 4.99 Å². The summed E-state index contributed by atoms with van der Waals surface area (Å²) in [5.74, 6) is -1.13. The van der Waals surface area contributed by atoms with E-state index in [-0.39, 0.29) is 25.7 Å². The SMILES string of the molecule is Cc1ccsc1S(=O)(=O)NC(=O)C1=C[N+]2CN(C(F)(F)F)C=C(Cl)C2=N1. The molecule has 13 heteroatoms. The molecule has 0 bridgehead atoms. The van der Waals surface area contributed by atoms with Crippen LogP contribution in [0.2, 0.25) is 0 Å². The molecule has 0 saturated heterocycles. The average Bonchev–Trinajstić information content (AvgIpc) is 3.12. The van der Waals surface area contributed by atoms with E-state index in [2.05, 4.69) is 4.99 Å². The molecule has 0 spiro atoms. The Bertz CT molecular complexity index is 966. The minimum absolute atomic E-state index is 0.0114. The third-order valence-corrected chi connectivity index (χ3v) is 6.69. The van der Waals surface area contributed by atoms with Crippen LogP contribution in [0.1, 0.15) is 5.56 Å². The zero-order valence-electron chi connectivity index (χ0n) is 12.9. The van der Waals surface area contributed by atoms with Gasteiger partial charge in [0.25, 0.3) is 15.9 Å². The fourth-order valence-corrected chi connectivity index (χ4v) is 4.88. The lowest BCUT2D eigenvalue weighted by molar-refractivity contribution is -0.230. The summed E-state index contributed by atoms with van der Waals surface area (Å²) in [6.07, 6.45) is -3.00. The highest BCUT2D eigenvalue weighted by Gasteiger charge is 2.47. The molecule has 1 radical (unpaired) electrons. The average molecular weight is 427 g/mol. The number of amides is 1. The van der Waals surface area contributed by atoms with Crippen LogP contribution in [0.4, 0.5) is 13.2 Å². The quantitative estimate of drug-likeness (QED) is 0.592. The van der Waals surface area contributed by atoms with Crippen molar-refractivity contribution in [3.05, 3.63) is 40.1 Å². The van der Waals surface area contributed by atoms with Gasteiger partial charge in [-0.05, 0) is 23.9 Å². The number of halogens is 4. The number of hydrogen-bond donors (Lipinski definition) is 1. The first-order chi connectivity index (χ1) is 12.0. The number of nitrogens with zero attached hydrogens (tertiary/aromatic N) is 3. The van der Waals surface area contributed by atoms with E-state index in [9.17, 15) is 26.4 Å². The van der Waals surface area contributed by atoms with Gasteiger partial charge >= 0.3 is 12.1 Å². The van der Waals surface area contributed by atoms with Crippen molar-refractivity contribution < 1.29 is 26.4 Å². The van der Waals surface area contributed by atoms with Crippen molar-refractivity contribution in [3.63, 3.8) is 0 Å². The molecule has 0 fully saturated rings. The molecular formula is C13H10ClF3N4O3S2+. The Morgan fingerprint density at radius 3 is 2.73 bits per heavy atom. The lowest BCUT2D eigenvalue weighted by Crippen LogP contribution is -2.48. The first-order valence-corrected chi connectivity index (χ1v) is 9.62. The lowest BCUT2D eigenvalue weighted by atomic mass is 10.4. The maximum atomic E-state index is 12.8. The van der Waals surface area contributed by atoms with Crippen LogP contribution in [-0.2, 0) is 14.8 Å². The fraction of sp³-hybridized carbons (Fsp3) is 0.231. The summed E-state index contributed by atoms with van der Waals surface area (Å²) in [7, 11) is -4.11. The van der Waals surface area contributed by atoms with Crippen LogP contribution in [-0.4, -0.2) is 38.0 Å². The minimum Gasteiger partial charge on any atom is -0.266 e. The Kier molecular flexibility index (Phi) is 4.63. The lowest BCUT2D eigenvalue weighted by Gasteiger charge is -2.25. The van der Waals surface area contributed by atoms with Gasteiger partial charge in [-0.3, -0.25) is 4.79 Å². The van der Waals surface area contributed by atoms with Crippen LogP contribution >= 0.6 is 22.9 Å². The standard InChI is InChI=1S/C13H10ClF3N4O3S2/c1-7-2-3-25-12(7)26(23,24)19-11(22)9-5-20-6-21(13(15,16)17)4-8(14)10(20)18-9/h2-5H,6H2,1H3,(H,19,22)/q+1. The first kappa shape index (κ1) is 18.9. The summed E-state index contributed by atoms with van der Waals surface area (Å²) >= 11 is 6.72. The van der Waals surface area contributed by atoms with Crippen molar-refractivity contribution in [3.8, 4) is 0 Å². The molecule has 0 saturated carbocycles. The van der Waals surface area contributed by atoms with Gasteiger partial charge in [0.05, 0.1) is 0 Å². The van der Waals surface area contributed by atoms with E-state index in [1.54, 1.807) is 18.4 Å². The maximum absolute atomic E-state index is 12.8. The molecule has 3 rings (SSSR count).